The highest BCUT2D eigenvalue weighted by molar-refractivity contribution is 9.10. The fourth-order valence-corrected chi connectivity index (χ4v) is 5.54. The molecule has 1 aromatic heterocycles. The van der Waals surface area contributed by atoms with Crippen molar-refractivity contribution in [1.29, 1.82) is 0 Å². The number of fused-ring (bicyclic) bond motifs is 3. The van der Waals surface area contributed by atoms with Crippen LogP contribution in [0.3, 0.4) is 0 Å². The Morgan fingerprint density at radius 3 is 2.41 bits per heavy atom. The maximum atomic E-state index is 6.14. The average Bonchev–Trinajstić information content (AvgIpc) is 2.97. The third-order valence-corrected chi connectivity index (χ3v) is 6.80. The molecule has 5 rings (SSSR count). The van der Waals surface area contributed by atoms with Crippen molar-refractivity contribution in [3.63, 3.8) is 0 Å². The van der Waals surface area contributed by atoms with E-state index in [2.05, 4.69) is 83.6 Å². The lowest BCUT2D eigenvalue weighted by Gasteiger charge is -2.38. The second kappa shape index (κ2) is 6.72. The van der Waals surface area contributed by atoms with Gasteiger partial charge in [0.05, 0.1) is 22.6 Å². The highest BCUT2D eigenvalue weighted by Gasteiger charge is 2.46. The zero-order chi connectivity index (χ0) is 20.2. The summed E-state index contributed by atoms with van der Waals surface area (Å²) >= 11 is 10.0. The molecule has 0 bridgehead atoms. The first-order valence-electron chi connectivity index (χ1n) is 9.89. The molecule has 2 atom stereocenters. The number of allylic oxidation sites excluding steroid dienone is 1. The maximum absolute atomic E-state index is 6.14. The normalized spacial score (nSPS) is 25.0. The van der Waals surface area contributed by atoms with Gasteiger partial charge in [-0.15, -0.1) is 0 Å². The number of pyridine rings is 1. The fraction of sp³-hybridized carbons (Fsp3) is 0.240. The van der Waals surface area contributed by atoms with Crippen LogP contribution < -0.4 is 5.32 Å². The molecule has 0 radical (unpaired) electrons. The Hall–Kier alpha value is -2.10. The molecule has 0 saturated heterocycles. The summed E-state index contributed by atoms with van der Waals surface area (Å²) in [6.45, 7) is 4.54. The van der Waals surface area contributed by atoms with E-state index in [0.29, 0.717) is 0 Å². The first kappa shape index (κ1) is 18.9. The van der Waals surface area contributed by atoms with Crippen molar-refractivity contribution in [2.45, 2.75) is 36.6 Å². The van der Waals surface area contributed by atoms with Crippen LogP contribution in [-0.2, 0) is 0 Å². The molecule has 2 unspecified atom stereocenters. The van der Waals surface area contributed by atoms with Crippen molar-refractivity contribution in [2.75, 3.05) is 5.32 Å². The summed E-state index contributed by atoms with van der Waals surface area (Å²) in [4.78, 5) is 5.22. The van der Waals surface area contributed by atoms with Crippen molar-refractivity contribution in [3.05, 3.63) is 77.5 Å². The van der Waals surface area contributed by atoms with Gasteiger partial charge in [0, 0.05) is 26.0 Å². The summed E-state index contributed by atoms with van der Waals surface area (Å²) in [5, 5.41) is 4.52. The second-order valence-corrected chi connectivity index (χ2v) is 10.9. The third-order valence-electron chi connectivity index (χ3n) is 5.94. The summed E-state index contributed by atoms with van der Waals surface area (Å²) in [5.74, 6) is 0. The minimum atomic E-state index is -0.113. The molecule has 29 heavy (non-hydrogen) atoms. The lowest BCUT2D eigenvalue weighted by molar-refractivity contribution is 0.482. The molecule has 2 aliphatic rings. The summed E-state index contributed by atoms with van der Waals surface area (Å²) in [7, 11) is 0. The number of hydrogen-bond donors (Lipinski definition) is 1. The summed E-state index contributed by atoms with van der Waals surface area (Å²) in [6, 6.07) is 20.7. The highest BCUT2D eigenvalue weighted by Crippen LogP contribution is 2.52. The Labute approximate surface area is 185 Å². The van der Waals surface area contributed by atoms with E-state index >= 15 is 0 Å². The van der Waals surface area contributed by atoms with Crippen LogP contribution >= 0.6 is 27.5 Å². The third kappa shape index (κ3) is 3.31. The zero-order valence-electron chi connectivity index (χ0n) is 16.5. The van der Waals surface area contributed by atoms with Crippen molar-refractivity contribution in [2.24, 2.45) is 0 Å². The van der Waals surface area contributed by atoms with E-state index in [1.54, 1.807) is 0 Å². The number of benzene rings is 2. The number of anilines is 1. The van der Waals surface area contributed by atoms with Crippen LogP contribution in [0.5, 0.6) is 0 Å². The van der Waals surface area contributed by atoms with E-state index in [0.717, 1.165) is 51.6 Å². The van der Waals surface area contributed by atoms with Gasteiger partial charge >= 0.3 is 0 Å². The minimum Gasteiger partial charge on any atom is -0.374 e. The monoisotopic (exact) mass is 464 g/mol. The van der Waals surface area contributed by atoms with Crippen molar-refractivity contribution < 1.29 is 0 Å². The predicted molar refractivity (Wildman–Crippen MR) is 127 cm³/mol. The van der Waals surface area contributed by atoms with Gasteiger partial charge < -0.3 is 5.32 Å². The highest BCUT2D eigenvalue weighted by atomic mass is 79.9. The summed E-state index contributed by atoms with van der Waals surface area (Å²) in [6.07, 6.45) is 4.36. The molecule has 0 fully saturated rings. The number of aromatic nitrogens is 1. The van der Waals surface area contributed by atoms with Crippen molar-refractivity contribution in [1.82, 2.24) is 4.98 Å². The van der Waals surface area contributed by atoms with Gasteiger partial charge in [-0.2, -0.15) is 0 Å². The van der Waals surface area contributed by atoms with Gasteiger partial charge in [0.2, 0.25) is 0 Å². The molecule has 1 aliphatic carbocycles. The lowest BCUT2D eigenvalue weighted by atomic mass is 9.77. The van der Waals surface area contributed by atoms with Crippen molar-refractivity contribution >= 4 is 38.8 Å². The van der Waals surface area contributed by atoms with Gasteiger partial charge in [0.25, 0.3) is 0 Å². The van der Waals surface area contributed by atoms with Crippen LogP contribution in [0.15, 0.2) is 66.7 Å². The summed E-state index contributed by atoms with van der Waals surface area (Å²) in [5.41, 5.74) is 7.73. The molecular weight excluding hydrogens is 444 g/mol. The Kier molecular flexibility index (Phi) is 4.38. The Bertz CT molecular complexity index is 1120. The number of nitrogens with one attached hydrogen (secondary N) is 1. The molecule has 146 valence electrons. The SMILES string of the molecule is CC1(Br)CC=C2c3nc(-c4ccccc4)c(-c4ccc(Cl)cc4)cc3NC2(C)C1. The molecule has 1 aliphatic heterocycles. The van der Waals surface area contributed by atoms with Crippen LogP contribution in [0.4, 0.5) is 5.69 Å². The second-order valence-electron chi connectivity index (χ2n) is 8.52. The molecule has 0 spiro atoms. The van der Waals surface area contributed by atoms with Gasteiger partial charge in [-0.05, 0) is 50.5 Å². The molecule has 3 aromatic rings. The van der Waals surface area contributed by atoms with Crippen LogP contribution in [-0.4, -0.2) is 14.8 Å². The van der Waals surface area contributed by atoms with Crippen LogP contribution in [0, 0.1) is 0 Å². The van der Waals surface area contributed by atoms with Crippen molar-refractivity contribution in [3.8, 4) is 22.4 Å². The molecule has 2 aromatic carbocycles. The molecule has 0 amide bonds. The molecule has 2 heterocycles. The van der Waals surface area contributed by atoms with Crippen LogP contribution in [0.2, 0.25) is 5.02 Å². The Morgan fingerprint density at radius 2 is 1.69 bits per heavy atom. The first-order chi connectivity index (χ1) is 13.8. The predicted octanol–water partition coefficient (Wildman–Crippen LogP) is 7.58. The average molecular weight is 466 g/mol. The molecule has 1 N–H and O–H groups in total. The molecule has 0 saturated carbocycles. The molecule has 2 nitrogen and oxygen atoms in total. The van der Waals surface area contributed by atoms with E-state index in [-0.39, 0.29) is 9.86 Å². The van der Waals surface area contributed by atoms with Gasteiger partial charge in [0.1, 0.15) is 0 Å². The number of halogens is 2. The Balaban J connectivity index is 1.72. The minimum absolute atomic E-state index is 0.0988. The quantitative estimate of drug-likeness (QED) is 0.394. The number of rotatable bonds is 2. The standard InChI is InChI=1S/C25H22BrClN2/c1-24(26)13-12-20-23-21(29-25(20,2)15-24)14-19(16-8-10-18(27)11-9-16)22(28-23)17-6-4-3-5-7-17/h3-12,14,29H,13,15H2,1-2H3. The van der Waals surface area contributed by atoms with Gasteiger partial charge in [-0.1, -0.05) is 76.1 Å². The first-order valence-corrected chi connectivity index (χ1v) is 11.1. The van der Waals surface area contributed by atoms with E-state index in [1.807, 2.05) is 18.2 Å². The smallest absolute Gasteiger partial charge is 0.0921 e. The number of alkyl halides is 1. The molecular formula is C25H22BrClN2. The van der Waals surface area contributed by atoms with E-state index in [1.165, 1.54) is 5.57 Å². The lowest BCUT2D eigenvalue weighted by Crippen LogP contribution is -2.41. The van der Waals surface area contributed by atoms with E-state index in [4.69, 9.17) is 16.6 Å². The van der Waals surface area contributed by atoms with Gasteiger partial charge in [-0.3, -0.25) is 0 Å². The zero-order valence-corrected chi connectivity index (χ0v) is 18.8. The largest absolute Gasteiger partial charge is 0.374 e. The van der Waals surface area contributed by atoms with Crippen LogP contribution in [0.1, 0.15) is 32.4 Å². The van der Waals surface area contributed by atoms with E-state index in [9.17, 15) is 0 Å². The molecule has 4 heteroatoms. The fourth-order valence-electron chi connectivity index (χ4n) is 4.69. The maximum Gasteiger partial charge on any atom is 0.0921 e. The van der Waals surface area contributed by atoms with E-state index < -0.39 is 0 Å². The van der Waals surface area contributed by atoms with Gasteiger partial charge in [-0.25, -0.2) is 4.98 Å². The topological polar surface area (TPSA) is 24.9 Å². The van der Waals surface area contributed by atoms with Crippen LogP contribution in [0.25, 0.3) is 28.0 Å². The van der Waals surface area contributed by atoms with Gasteiger partial charge in [0.15, 0.2) is 0 Å². The summed E-state index contributed by atoms with van der Waals surface area (Å²) < 4.78 is 0.0988. The number of nitrogens with zero attached hydrogens (tertiary/aromatic N) is 1. The number of hydrogen-bond acceptors (Lipinski definition) is 2. The Morgan fingerprint density at radius 1 is 0.966 bits per heavy atom.